The minimum atomic E-state index is -1.27. The normalized spacial score (nSPS) is 25.8. The Kier molecular flexibility index (Phi) is 4.09. The molecule has 1 aliphatic rings. The summed E-state index contributed by atoms with van der Waals surface area (Å²) in [5, 5.41) is 19.6. The number of esters is 1. The number of hydrogen-bond donors (Lipinski definition) is 2. The van der Waals surface area contributed by atoms with Crippen LogP contribution in [0.2, 0.25) is 0 Å². The summed E-state index contributed by atoms with van der Waals surface area (Å²) in [6.07, 6.45) is -1.18. The van der Waals surface area contributed by atoms with E-state index >= 15 is 0 Å². The van der Waals surface area contributed by atoms with Crippen molar-refractivity contribution in [1.29, 1.82) is 0 Å². The first-order valence-electron chi connectivity index (χ1n) is 6.64. The molecule has 1 aliphatic carbocycles. The maximum absolute atomic E-state index is 11.5. The molecule has 2 N–H and O–H groups in total. The number of aliphatic carboxylic acids is 1. The Bertz CT molecular complexity index is 498. The molecule has 2 rings (SSSR count). The summed E-state index contributed by atoms with van der Waals surface area (Å²) in [7, 11) is 0. The number of carbonyl (C=O) groups is 2. The average molecular weight is 278 g/mol. The van der Waals surface area contributed by atoms with E-state index in [1.165, 1.54) is 0 Å². The van der Waals surface area contributed by atoms with Crippen molar-refractivity contribution in [1.82, 2.24) is 0 Å². The van der Waals surface area contributed by atoms with Gasteiger partial charge in [-0.15, -0.1) is 0 Å². The highest BCUT2D eigenvalue weighted by Crippen LogP contribution is 2.62. The molecule has 0 heterocycles. The number of rotatable bonds is 6. The monoisotopic (exact) mass is 278 g/mol. The number of aliphatic hydroxyl groups is 1. The van der Waals surface area contributed by atoms with Gasteiger partial charge in [-0.25, -0.2) is 0 Å². The van der Waals surface area contributed by atoms with Gasteiger partial charge in [-0.05, 0) is 18.9 Å². The van der Waals surface area contributed by atoms with Crippen molar-refractivity contribution < 1.29 is 24.5 Å². The van der Waals surface area contributed by atoms with Gasteiger partial charge in [-0.3, -0.25) is 9.59 Å². The van der Waals surface area contributed by atoms with E-state index < -0.39 is 23.5 Å². The number of hydrogen-bond acceptors (Lipinski definition) is 4. The maximum atomic E-state index is 11.5. The molecule has 1 aromatic carbocycles. The first kappa shape index (κ1) is 14.5. The van der Waals surface area contributed by atoms with Crippen LogP contribution in [0.1, 0.15) is 31.2 Å². The lowest BCUT2D eigenvalue weighted by molar-refractivity contribution is -0.153. The van der Waals surface area contributed by atoms with Crippen molar-refractivity contribution in [3.63, 3.8) is 0 Å². The summed E-state index contributed by atoms with van der Waals surface area (Å²) < 4.78 is 4.76. The van der Waals surface area contributed by atoms with Gasteiger partial charge in [0, 0.05) is 5.92 Å². The third-order valence-electron chi connectivity index (χ3n) is 3.86. The highest BCUT2D eigenvalue weighted by Gasteiger charge is 2.65. The summed E-state index contributed by atoms with van der Waals surface area (Å²) >= 11 is 0. The summed E-state index contributed by atoms with van der Waals surface area (Å²) in [6, 6.07) is 9.19. The first-order valence-corrected chi connectivity index (χ1v) is 6.64. The van der Waals surface area contributed by atoms with Crippen LogP contribution in [0.3, 0.4) is 0 Å². The van der Waals surface area contributed by atoms with Crippen LogP contribution in [0.4, 0.5) is 0 Å². The lowest BCUT2D eigenvalue weighted by atomic mass is 9.91. The molecule has 5 heteroatoms. The quantitative estimate of drug-likeness (QED) is 0.771. The number of aliphatic hydroxyl groups excluding tert-OH is 1. The predicted octanol–water partition coefficient (Wildman–Crippen LogP) is 1.56. The first-order chi connectivity index (χ1) is 9.52. The number of carboxylic acid groups (broad SMARTS) is 1. The lowest BCUT2D eigenvalue weighted by Gasteiger charge is -2.19. The fourth-order valence-corrected chi connectivity index (χ4v) is 2.69. The molecular weight excluding hydrogens is 260 g/mol. The molecule has 5 nitrogen and oxygen atoms in total. The van der Waals surface area contributed by atoms with Gasteiger partial charge in [0.05, 0.1) is 19.1 Å². The zero-order valence-corrected chi connectivity index (χ0v) is 11.3. The molecule has 108 valence electrons. The van der Waals surface area contributed by atoms with E-state index in [1.54, 1.807) is 6.92 Å². The molecule has 0 spiro atoms. The van der Waals surface area contributed by atoms with Gasteiger partial charge < -0.3 is 14.9 Å². The van der Waals surface area contributed by atoms with Crippen molar-refractivity contribution in [2.75, 3.05) is 6.61 Å². The van der Waals surface area contributed by atoms with Crippen molar-refractivity contribution in [3.05, 3.63) is 35.9 Å². The van der Waals surface area contributed by atoms with Crippen LogP contribution in [0.25, 0.3) is 0 Å². The van der Waals surface area contributed by atoms with Crippen molar-refractivity contribution in [2.45, 2.75) is 31.8 Å². The molecule has 0 bridgehead atoms. The zero-order valence-electron chi connectivity index (χ0n) is 11.3. The third kappa shape index (κ3) is 2.54. The Morgan fingerprint density at radius 3 is 2.60 bits per heavy atom. The Balaban J connectivity index is 2.13. The smallest absolute Gasteiger partial charge is 0.312 e. The van der Waals surface area contributed by atoms with Crippen LogP contribution in [-0.4, -0.2) is 34.9 Å². The molecule has 1 aromatic rings. The van der Waals surface area contributed by atoms with Crippen LogP contribution < -0.4 is 0 Å². The second-order valence-corrected chi connectivity index (χ2v) is 5.04. The predicted molar refractivity (Wildman–Crippen MR) is 71.1 cm³/mol. The second kappa shape index (κ2) is 5.63. The fourth-order valence-electron chi connectivity index (χ4n) is 2.69. The van der Waals surface area contributed by atoms with E-state index in [0.717, 1.165) is 5.56 Å². The highest BCUT2D eigenvalue weighted by molar-refractivity contribution is 5.83. The lowest BCUT2D eigenvalue weighted by Crippen LogP contribution is -2.34. The summed E-state index contributed by atoms with van der Waals surface area (Å²) in [6.45, 7) is 1.88. The van der Waals surface area contributed by atoms with Crippen LogP contribution in [0.15, 0.2) is 30.3 Å². The second-order valence-electron chi connectivity index (χ2n) is 5.04. The fraction of sp³-hybridized carbons (Fsp3) is 0.467. The van der Waals surface area contributed by atoms with Crippen LogP contribution in [-0.2, 0) is 14.3 Å². The molecule has 1 fully saturated rings. The topological polar surface area (TPSA) is 83.8 Å². The zero-order chi connectivity index (χ0) is 14.8. The molecule has 3 atom stereocenters. The molecule has 2 unspecified atom stereocenters. The molecule has 1 saturated carbocycles. The number of carbonyl (C=O) groups excluding carboxylic acids is 1. The third-order valence-corrected chi connectivity index (χ3v) is 3.86. The summed E-state index contributed by atoms with van der Waals surface area (Å²) in [5.41, 5.74) is -0.397. The standard InChI is InChI=1S/C15H18O5/c1-2-20-13(17)8-12(16)15(14(18)19)9-11(15)10-6-4-3-5-7-10/h3-7,11-12,16H,2,8-9H2,1H3,(H,18,19)/t11?,12-,15?/m1/s1. The van der Waals surface area contributed by atoms with Gasteiger partial charge >= 0.3 is 11.9 Å². The van der Waals surface area contributed by atoms with Gasteiger partial charge in [0.15, 0.2) is 0 Å². The molecule has 0 radical (unpaired) electrons. The number of benzene rings is 1. The summed E-state index contributed by atoms with van der Waals surface area (Å²) in [4.78, 5) is 23.0. The van der Waals surface area contributed by atoms with E-state index in [2.05, 4.69) is 0 Å². The average Bonchev–Trinajstić information content (AvgIpc) is 3.16. The van der Waals surface area contributed by atoms with E-state index in [4.69, 9.17) is 4.74 Å². The van der Waals surface area contributed by atoms with Gasteiger partial charge in [0.2, 0.25) is 0 Å². The van der Waals surface area contributed by atoms with Gasteiger partial charge in [-0.1, -0.05) is 30.3 Å². The van der Waals surface area contributed by atoms with Crippen LogP contribution in [0.5, 0.6) is 0 Å². The Labute approximate surface area is 117 Å². The molecular formula is C15H18O5. The highest BCUT2D eigenvalue weighted by atomic mass is 16.5. The van der Waals surface area contributed by atoms with Crippen molar-refractivity contribution in [3.8, 4) is 0 Å². The Morgan fingerprint density at radius 2 is 2.05 bits per heavy atom. The van der Waals surface area contributed by atoms with E-state index in [0.29, 0.717) is 6.42 Å². The Hall–Kier alpha value is -1.88. The Morgan fingerprint density at radius 1 is 1.40 bits per heavy atom. The van der Waals surface area contributed by atoms with Gasteiger partial charge in [0.25, 0.3) is 0 Å². The number of ether oxygens (including phenoxy) is 1. The van der Waals surface area contributed by atoms with E-state index in [-0.39, 0.29) is 18.9 Å². The minimum Gasteiger partial charge on any atom is -0.481 e. The maximum Gasteiger partial charge on any atom is 0.312 e. The molecule has 0 amide bonds. The molecule has 0 aromatic heterocycles. The molecule has 0 aliphatic heterocycles. The van der Waals surface area contributed by atoms with Crippen LogP contribution in [0, 0.1) is 5.41 Å². The molecule has 20 heavy (non-hydrogen) atoms. The summed E-state index contributed by atoms with van der Waals surface area (Å²) in [5.74, 6) is -1.90. The number of carboxylic acids is 1. The van der Waals surface area contributed by atoms with E-state index in [9.17, 15) is 19.8 Å². The van der Waals surface area contributed by atoms with Crippen LogP contribution >= 0.6 is 0 Å². The molecule has 0 saturated heterocycles. The van der Waals surface area contributed by atoms with Crippen molar-refractivity contribution in [2.24, 2.45) is 5.41 Å². The minimum absolute atomic E-state index is 0.216. The van der Waals surface area contributed by atoms with Crippen molar-refractivity contribution >= 4 is 11.9 Å². The SMILES string of the molecule is CCOC(=O)C[C@@H](O)C1(C(=O)O)CC1c1ccccc1. The van der Waals surface area contributed by atoms with E-state index in [1.807, 2.05) is 30.3 Å². The van der Waals surface area contributed by atoms with Gasteiger partial charge in [-0.2, -0.15) is 0 Å². The van der Waals surface area contributed by atoms with Gasteiger partial charge in [0.1, 0.15) is 5.41 Å². The largest absolute Gasteiger partial charge is 0.481 e.